The lowest BCUT2D eigenvalue weighted by Crippen LogP contribution is -2.37. The van der Waals surface area contributed by atoms with Gasteiger partial charge in [-0.15, -0.1) is 0 Å². The lowest BCUT2D eigenvalue weighted by atomic mass is 10.0. The molecule has 0 saturated carbocycles. The number of rotatable bonds is 7. The first-order valence-electron chi connectivity index (χ1n) is 8.50. The molecule has 0 fully saturated rings. The van der Waals surface area contributed by atoms with Crippen LogP contribution in [0.15, 0.2) is 42.5 Å². The van der Waals surface area contributed by atoms with Crippen molar-refractivity contribution in [3.05, 3.63) is 58.6 Å². The van der Waals surface area contributed by atoms with Gasteiger partial charge in [0, 0.05) is 12.6 Å². The molecule has 0 aliphatic carbocycles. The van der Waals surface area contributed by atoms with Gasteiger partial charge in [-0.3, -0.25) is 4.79 Å². The molecule has 144 valence electrons. The molecular weight excluding hydrogens is 368 g/mol. The summed E-state index contributed by atoms with van der Waals surface area (Å²) in [4.78, 5) is 24.6. The van der Waals surface area contributed by atoms with E-state index in [0.29, 0.717) is 6.54 Å². The standard InChI is InChI=1S/C20H23ClN2O4/c1-12(14-7-5-4-6-8-14)11-23-19(24)13(2)27-20(25)15-9-16(21)17(22)10-18(15)26-3/h4-10,12-13H,11,22H2,1-3H3,(H,23,24)/t12-,13-/m0/s1. The van der Waals surface area contributed by atoms with Crippen LogP contribution in [0, 0.1) is 0 Å². The molecule has 0 unspecified atom stereocenters. The van der Waals surface area contributed by atoms with Crippen molar-refractivity contribution >= 4 is 29.2 Å². The third-order valence-corrected chi connectivity index (χ3v) is 4.47. The number of benzene rings is 2. The number of amides is 1. The Hall–Kier alpha value is -2.73. The summed E-state index contributed by atoms with van der Waals surface area (Å²) in [6, 6.07) is 12.6. The van der Waals surface area contributed by atoms with Gasteiger partial charge in [0.05, 0.1) is 17.8 Å². The zero-order valence-corrected chi connectivity index (χ0v) is 16.2. The first kappa shape index (κ1) is 20.6. The summed E-state index contributed by atoms with van der Waals surface area (Å²) in [5.74, 6) is -0.736. The highest BCUT2D eigenvalue weighted by molar-refractivity contribution is 6.33. The van der Waals surface area contributed by atoms with E-state index in [4.69, 9.17) is 26.8 Å². The lowest BCUT2D eigenvalue weighted by Gasteiger charge is -2.17. The SMILES string of the molecule is COc1cc(N)c(Cl)cc1C(=O)O[C@@H](C)C(=O)NC[C@H](C)c1ccccc1. The molecular formula is C20H23ClN2O4. The van der Waals surface area contributed by atoms with E-state index in [0.717, 1.165) is 5.56 Å². The zero-order valence-electron chi connectivity index (χ0n) is 15.5. The Morgan fingerprint density at radius 3 is 2.48 bits per heavy atom. The van der Waals surface area contributed by atoms with Crippen molar-refractivity contribution in [1.29, 1.82) is 0 Å². The van der Waals surface area contributed by atoms with Crippen LogP contribution >= 0.6 is 11.6 Å². The number of nitrogen functional groups attached to an aromatic ring is 1. The van der Waals surface area contributed by atoms with E-state index in [1.54, 1.807) is 0 Å². The van der Waals surface area contributed by atoms with Gasteiger partial charge in [0.2, 0.25) is 0 Å². The molecule has 27 heavy (non-hydrogen) atoms. The molecule has 0 aliphatic heterocycles. The van der Waals surface area contributed by atoms with Crippen LogP contribution in [-0.2, 0) is 9.53 Å². The van der Waals surface area contributed by atoms with Crippen LogP contribution in [0.25, 0.3) is 0 Å². The molecule has 0 aromatic heterocycles. The Morgan fingerprint density at radius 1 is 1.19 bits per heavy atom. The van der Waals surface area contributed by atoms with Gasteiger partial charge in [-0.1, -0.05) is 48.9 Å². The first-order chi connectivity index (χ1) is 12.8. The van der Waals surface area contributed by atoms with Crippen molar-refractivity contribution in [1.82, 2.24) is 5.32 Å². The number of ether oxygens (including phenoxy) is 2. The highest BCUT2D eigenvalue weighted by Gasteiger charge is 2.22. The molecule has 7 heteroatoms. The third-order valence-electron chi connectivity index (χ3n) is 4.14. The fourth-order valence-electron chi connectivity index (χ4n) is 2.47. The van der Waals surface area contributed by atoms with Gasteiger partial charge < -0.3 is 20.5 Å². The van der Waals surface area contributed by atoms with Crippen LogP contribution in [0.2, 0.25) is 5.02 Å². The molecule has 1 amide bonds. The molecule has 2 rings (SSSR count). The molecule has 0 heterocycles. The predicted octanol–water partition coefficient (Wildman–Crippen LogP) is 3.40. The highest BCUT2D eigenvalue weighted by Crippen LogP contribution is 2.29. The molecule has 0 saturated heterocycles. The molecule has 2 aromatic rings. The van der Waals surface area contributed by atoms with Crippen LogP contribution in [0.4, 0.5) is 5.69 Å². The van der Waals surface area contributed by atoms with Crippen LogP contribution in [0.1, 0.15) is 35.7 Å². The van der Waals surface area contributed by atoms with Gasteiger partial charge in [-0.05, 0) is 24.5 Å². The van der Waals surface area contributed by atoms with Gasteiger partial charge in [0.1, 0.15) is 11.3 Å². The molecule has 2 atom stereocenters. The Morgan fingerprint density at radius 2 is 1.85 bits per heavy atom. The molecule has 2 aromatic carbocycles. The normalized spacial score (nSPS) is 12.7. The van der Waals surface area contributed by atoms with Gasteiger partial charge in [0.15, 0.2) is 6.10 Å². The lowest BCUT2D eigenvalue weighted by molar-refractivity contribution is -0.129. The van der Waals surface area contributed by atoms with Crippen molar-refractivity contribution in [3.8, 4) is 5.75 Å². The number of nitrogens with one attached hydrogen (secondary N) is 1. The van der Waals surface area contributed by atoms with Crippen molar-refractivity contribution in [2.45, 2.75) is 25.9 Å². The summed E-state index contributed by atoms with van der Waals surface area (Å²) < 4.78 is 10.4. The highest BCUT2D eigenvalue weighted by atomic mass is 35.5. The monoisotopic (exact) mass is 390 g/mol. The summed E-state index contributed by atoms with van der Waals surface area (Å²) in [6.45, 7) is 3.95. The minimum atomic E-state index is -0.971. The van der Waals surface area contributed by atoms with Crippen molar-refractivity contribution in [2.75, 3.05) is 19.4 Å². The van der Waals surface area contributed by atoms with E-state index in [-0.39, 0.29) is 33.8 Å². The van der Waals surface area contributed by atoms with Gasteiger partial charge in [-0.2, -0.15) is 0 Å². The smallest absolute Gasteiger partial charge is 0.342 e. The number of hydrogen-bond acceptors (Lipinski definition) is 5. The van der Waals surface area contributed by atoms with E-state index in [9.17, 15) is 9.59 Å². The number of anilines is 1. The van der Waals surface area contributed by atoms with Crippen molar-refractivity contribution in [2.24, 2.45) is 0 Å². The minimum absolute atomic E-state index is 0.106. The molecule has 3 N–H and O–H groups in total. The number of hydrogen-bond donors (Lipinski definition) is 2. The molecule has 0 spiro atoms. The van der Waals surface area contributed by atoms with Crippen molar-refractivity contribution in [3.63, 3.8) is 0 Å². The van der Waals surface area contributed by atoms with Crippen molar-refractivity contribution < 1.29 is 19.1 Å². The predicted molar refractivity (Wildman–Crippen MR) is 105 cm³/mol. The van der Waals surface area contributed by atoms with Gasteiger partial charge in [0.25, 0.3) is 5.91 Å². The number of methoxy groups -OCH3 is 1. The molecule has 0 radical (unpaired) electrons. The molecule has 0 bridgehead atoms. The second-order valence-electron chi connectivity index (χ2n) is 6.18. The van der Waals surface area contributed by atoms with E-state index in [2.05, 4.69) is 5.32 Å². The summed E-state index contributed by atoms with van der Waals surface area (Å²) in [5.41, 5.74) is 7.21. The zero-order chi connectivity index (χ0) is 20.0. The summed E-state index contributed by atoms with van der Waals surface area (Å²) in [6.07, 6.45) is -0.971. The van der Waals surface area contributed by atoms with E-state index < -0.39 is 12.1 Å². The average Bonchev–Trinajstić information content (AvgIpc) is 2.67. The average molecular weight is 391 g/mol. The summed E-state index contributed by atoms with van der Waals surface area (Å²) >= 11 is 5.96. The Labute approximate surface area is 163 Å². The van der Waals surface area contributed by atoms with Gasteiger partial charge >= 0.3 is 5.97 Å². The summed E-state index contributed by atoms with van der Waals surface area (Å²) in [7, 11) is 1.40. The first-order valence-corrected chi connectivity index (χ1v) is 8.88. The fourth-order valence-corrected chi connectivity index (χ4v) is 2.64. The largest absolute Gasteiger partial charge is 0.496 e. The molecule has 0 aliphatic rings. The maximum absolute atomic E-state index is 12.4. The molecule has 6 nitrogen and oxygen atoms in total. The maximum atomic E-state index is 12.4. The minimum Gasteiger partial charge on any atom is -0.496 e. The number of nitrogens with two attached hydrogens (primary N) is 1. The summed E-state index contributed by atoms with van der Waals surface area (Å²) in [5, 5.41) is 3.00. The van der Waals surface area contributed by atoms with Crippen LogP contribution < -0.4 is 15.8 Å². The van der Waals surface area contributed by atoms with E-state index in [1.807, 2.05) is 37.3 Å². The third kappa shape index (κ3) is 5.37. The number of halogens is 1. The second-order valence-corrected chi connectivity index (χ2v) is 6.59. The maximum Gasteiger partial charge on any atom is 0.342 e. The number of carbonyl (C=O) groups is 2. The van der Waals surface area contributed by atoms with Crippen LogP contribution in [0.3, 0.4) is 0 Å². The Balaban J connectivity index is 1.96. The van der Waals surface area contributed by atoms with Crippen LogP contribution in [-0.4, -0.2) is 31.6 Å². The van der Waals surface area contributed by atoms with Gasteiger partial charge in [-0.25, -0.2) is 4.79 Å². The number of esters is 1. The topological polar surface area (TPSA) is 90.7 Å². The quantitative estimate of drug-likeness (QED) is 0.558. The Kier molecular flexibility index (Phi) is 7.07. The van der Waals surface area contributed by atoms with E-state index >= 15 is 0 Å². The number of carbonyl (C=O) groups excluding carboxylic acids is 2. The second kappa shape index (κ2) is 9.28. The van der Waals surface area contributed by atoms with E-state index in [1.165, 1.54) is 26.2 Å². The fraction of sp³-hybridized carbons (Fsp3) is 0.300. The Bertz CT molecular complexity index is 811. The van der Waals surface area contributed by atoms with Crippen LogP contribution in [0.5, 0.6) is 5.75 Å².